The molecule has 0 bridgehead atoms. The largest absolute Gasteiger partial charge is 1.00 e. The van der Waals surface area contributed by atoms with Gasteiger partial charge in [-0.05, 0) is 12.8 Å². The zero-order chi connectivity index (χ0) is 9.61. The van der Waals surface area contributed by atoms with Gasteiger partial charge in [0.05, 0.1) is 0 Å². The van der Waals surface area contributed by atoms with Gasteiger partial charge in [0.25, 0.3) is 10.1 Å². The zero-order valence-corrected chi connectivity index (χ0v) is 11.0. The minimum atomic E-state index is -4.23. The van der Waals surface area contributed by atoms with Gasteiger partial charge < -0.3 is 6.53 Å². The van der Waals surface area contributed by atoms with Gasteiger partial charge in [0.1, 0.15) is 0 Å². The maximum atomic E-state index is 10.3. The molecule has 1 atom stereocenters. The fourth-order valence-corrected chi connectivity index (χ4v) is 1.36. The Kier molecular flexibility index (Phi) is 10.3. The molecule has 0 radical (unpaired) electrons. The van der Waals surface area contributed by atoms with E-state index in [1.807, 2.05) is 6.92 Å². The number of hydrogen-bond donors (Lipinski definition) is 2. The molecule has 1 unspecified atom stereocenters. The van der Waals surface area contributed by atoms with E-state index in [0.29, 0.717) is 6.42 Å². The van der Waals surface area contributed by atoms with Crippen molar-refractivity contribution in [1.29, 1.82) is 0 Å². The molecule has 0 rings (SSSR count). The van der Waals surface area contributed by atoms with Crippen molar-refractivity contribution in [2.24, 2.45) is 0 Å². The number of aliphatic hydroxyl groups excluding tert-OH is 1. The van der Waals surface area contributed by atoms with Gasteiger partial charge >= 0.3 is 29.6 Å². The van der Waals surface area contributed by atoms with Gasteiger partial charge in [0, 0.05) is 0 Å². The van der Waals surface area contributed by atoms with Gasteiger partial charge in [-0.3, -0.25) is 4.55 Å². The Bertz CT molecular complexity index is 208. The van der Waals surface area contributed by atoms with E-state index >= 15 is 0 Å². The summed E-state index contributed by atoms with van der Waals surface area (Å²) in [4.78, 5) is 0. The summed E-state index contributed by atoms with van der Waals surface area (Å²) in [7, 11) is -4.23. The van der Waals surface area contributed by atoms with E-state index in [9.17, 15) is 8.42 Å². The molecule has 0 saturated heterocycles. The van der Waals surface area contributed by atoms with Crippen LogP contribution < -0.4 is 29.6 Å². The average Bonchev–Trinajstić information content (AvgIpc) is 1.96. The molecule has 0 fully saturated rings. The Hall–Kier alpha value is 0.870. The molecule has 0 heterocycles. The van der Waals surface area contributed by atoms with Crippen LogP contribution in [0, 0.1) is 0 Å². The normalized spacial score (nSPS) is 13.5. The van der Waals surface area contributed by atoms with E-state index in [0.717, 1.165) is 19.3 Å². The van der Waals surface area contributed by atoms with Crippen molar-refractivity contribution in [2.75, 3.05) is 0 Å². The third-order valence-corrected chi connectivity index (χ3v) is 2.57. The molecule has 0 amide bonds. The minimum absolute atomic E-state index is 0. The predicted octanol–water partition coefficient (Wildman–Crippen LogP) is -1.72. The third-order valence-electron chi connectivity index (χ3n) is 1.65. The summed E-state index contributed by atoms with van der Waals surface area (Å²) in [5, 5.41) is 8.85. The van der Waals surface area contributed by atoms with Gasteiger partial charge in [-0.25, -0.2) is 0 Å². The molecule has 13 heavy (non-hydrogen) atoms. The maximum Gasteiger partial charge on any atom is 1.00 e. The van der Waals surface area contributed by atoms with Crippen LogP contribution in [-0.4, -0.2) is 23.5 Å². The standard InChI is InChI=1S/C7H16O4S.Na.H/c1-2-3-4-5-6-7(8)12(9,10)11;;/h7-8H,2-6H2,1H3,(H,9,10,11);;/q;+1;-1. The Morgan fingerprint density at radius 2 is 1.85 bits per heavy atom. The molecule has 0 spiro atoms. The minimum Gasteiger partial charge on any atom is -1.00 e. The smallest absolute Gasteiger partial charge is 1.00 e. The van der Waals surface area contributed by atoms with Crippen LogP contribution in [0.1, 0.15) is 40.5 Å². The quantitative estimate of drug-likeness (QED) is 0.317. The van der Waals surface area contributed by atoms with Crippen LogP contribution in [0.3, 0.4) is 0 Å². The van der Waals surface area contributed by atoms with Crippen LogP contribution in [0.15, 0.2) is 0 Å². The molecule has 0 aromatic carbocycles. The van der Waals surface area contributed by atoms with Crippen molar-refractivity contribution < 1.29 is 49.1 Å². The molecule has 0 aliphatic heterocycles. The summed E-state index contributed by atoms with van der Waals surface area (Å²) in [6.07, 6.45) is 3.73. The van der Waals surface area contributed by atoms with Crippen molar-refractivity contribution in [1.82, 2.24) is 0 Å². The van der Waals surface area contributed by atoms with Crippen LogP contribution >= 0.6 is 0 Å². The Morgan fingerprint density at radius 1 is 1.31 bits per heavy atom. The zero-order valence-electron chi connectivity index (χ0n) is 9.23. The van der Waals surface area contributed by atoms with E-state index < -0.39 is 15.6 Å². The first-order chi connectivity index (χ1) is 5.48. The monoisotopic (exact) mass is 220 g/mol. The molecule has 76 valence electrons. The summed E-state index contributed by atoms with van der Waals surface area (Å²) in [6.45, 7) is 2.04. The van der Waals surface area contributed by atoms with E-state index in [4.69, 9.17) is 9.66 Å². The van der Waals surface area contributed by atoms with E-state index in [-0.39, 0.29) is 37.4 Å². The van der Waals surface area contributed by atoms with Crippen LogP contribution in [0.4, 0.5) is 0 Å². The SMILES string of the molecule is CCCCCCC(O)S(=O)(=O)O.[H-].[Na+]. The van der Waals surface area contributed by atoms with Crippen molar-refractivity contribution >= 4 is 10.1 Å². The maximum absolute atomic E-state index is 10.3. The van der Waals surface area contributed by atoms with Crippen LogP contribution in [0.25, 0.3) is 0 Å². The second-order valence-electron chi connectivity index (χ2n) is 2.82. The molecule has 0 aliphatic rings. The summed E-state index contributed by atoms with van der Waals surface area (Å²) in [6, 6.07) is 0. The second-order valence-corrected chi connectivity index (χ2v) is 4.39. The molecular formula is C7H17NaO4S. The second kappa shape index (κ2) is 8.20. The summed E-state index contributed by atoms with van der Waals surface area (Å²) < 4.78 is 29.0. The van der Waals surface area contributed by atoms with E-state index in [1.165, 1.54) is 0 Å². The first-order valence-electron chi connectivity index (χ1n) is 4.13. The molecule has 0 aromatic heterocycles. The van der Waals surface area contributed by atoms with Gasteiger partial charge in [-0.2, -0.15) is 8.42 Å². The van der Waals surface area contributed by atoms with Gasteiger partial charge in [-0.1, -0.05) is 26.2 Å². The van der Waals surface area contributed by atoms with Crippen molar-refractivity contribution in [2.45, 2.75) is 44.5 Å². The van der Waals surface area contributed by atoms with Crippen molar-refractivity contribution in [3.05, 3.63) is 0 Å². The molecule has 2 N–H and O–H groups in total. The molecule has 4 nitrogen and oxygen atoms in total. The molecule has 6 heteroatoms. The fourth-order valence-electron chi connectivity index (χ4n) is 0.895. The number of rotatable bonds is 6. The number of hydrogen-bond acceptors (Lipinski definition) is 3. The summed E-state index contributed by atoms with van der Waals surface area (Å²) in [5.41, 5.74) is -1.60. The topological polar surface area (TPSA) is 74.6 Å². The van der Waals surface area contributed by atoms with E-state index in [1.54, 1.807) is 0 Å². The van der Waals surface area contributed by atoms with Crippen LogP contribution in [0.2, 0.25) is 0 Å². The van der Waals surface area contributed by atoms with Crippen molar-refractivity contribution in [3.8, 4) is 0 Å². The van der Waals surface area contributed by atoms with Crippen LogP contribution in [-0.2, 0) is 10.1 Å². The van der Waals surface area contributed by atoms with Crippen molar-refractivity contribution in [3.63, 3.8) is 0 Å². The van der Waals surface area contributed by atoms with Gasteiger partial charge in [0.2, 0.25) is 0 Å². The molecular weight excluding hydrogens is 203 g/mol. The van der Waals surface area contributed by atoms with Gasteiger partial charge in [-0.15, -0.1) is 0 Å². The first-order valence-corrected chi connectivity index (χ1v) is 5.63. The Morgan fingerprint density at radius 3 is 2.23 bits per heavy atom. The van der Waals surface area contributed by atoms with Crippen LogP contribution in [0.5, 0.6) is 0 Å². The average molecular weight is 220 g/mol. The van der Waals surface area contributed by atoms with Gasteiger partial charge in [0.15, 0.2) is 5.44 Å². The number of unbranched alkanes of at least 4 members (excludes halogenated alkanes) is 3. The van der Waals surface area contributed by atoms with E-state index in [2.05, 4.69) is 0 Å². The molecule has 0 aliphatic carbocycles. The predicted molar refractivity (Wildman–Crippen MR) is 47.4 cm³/mol. The Labute approximate surface area is 103 Å². The summed E-state index contributed by atoms with van der Waals surface area (Å²) in [5.74, 6) is 0. The molecule has 0 saturated carbocycles. The molecule has 0 aromatic rings. The Balaban J connectivity index is -0.000000605. The third kappa shape index (κ3) is 9.18. The first kappa shape index (κ1) is 16.3. The number of aliphatic hydroxyl groups is 1. The summed E-state index contributed by atoms with van der Waals surface area (Å²) >= 11 is 0. The fraction of sp³-hybridized carbons (Fsp3) is 1.00.